The quantitative estimate of drug-likeness (QED) is 0.419. The van der Waals surface area contributed by atoms with E-state index in [1.807, 2.05) is 0 Å². The number of hydrogen-bond acceptors (Lipinski definition) is 0. The molecule has 0 aliphatic heterocycles. The second kappa shape index (κ2) is 244. The van der Waals surface area contributed by atoms with Gasteiger partial charge >= 0.3 is 65.2 Å². The molecule has 10 heavy (non-hydrogen) atoms. The molecule has 10 heteroatoms. The van der Waals surface area contributed by atoms with Crippen LogP contribution in [0.25, 0.3) is 24.6 Å². The van der Waals surface area contributed by atoms with E-state index in [4.69, 9.17) is 0 Å². The van der Waals surface area contributed by atoms with Crippen LogP contribution >= 0.6 is 0 Å². The van der Waals surface area contributed by atoms with Crippen molar-refractivity contribution in [3.8, 4) is 0 Å². The van der Waals surface area contributed by atoms with Gasteiger partial charge in [-0.1, -0.05) is 0 Å². The average molecular weight is 241 g/mol. The van der Waals surface area contributed by atoms with E-state index in [1.165, 1.54) is 0 Å². The number of rotatable bonds is 0. The van der Waals surface area contributed by atoms with Crippen molar-refractivity contribution < 1.29 is 65.2 Å². The number of hydrogen-bond donors (Lipinski definition) is 0. The molecule has 0 saturated heterocycles. The Morgan fingerprint density at radius 2 is 0.300 bits per heavy atom. The third-order valence-corrected chi connectivity index (χ3v) is 0. The fourth-order valence-corrected chi connectivity index (χ4v) is 0. The summed E-state index contributed by atoms with van der Waals surface area (Å²) in [5.41, 5.74) is 0. The predicted molar refractivity (Wildman–Crippen MR) is 43.3 cm³/mol. The van der Waals surface area contributed by atoms with Crippen LogP contribution in [0, 0.1) is 0 Å². The van der Waals surface area contributed by atoms with E-state index in [1.54, 1.807) is 0 Å². The van der Waals surface area contributed by atoms with Crippen LogP contribution in [0.3, 0.4) is 0 Å². The summed E-state index contributed by atoms with van der Waals surface area (Å²) in [6, 6.07) is 0. The molecule has 0 aliphatic rings. The molecule has 0 saturated carbocycles. The van der Waals surface area contributed by atoms with Gasteiger partial charge in [0.05, 0.1) is 25.2 Å². The minimum absolute atomic E-state index is 0. The van der Waals surface area contributed by atoms with E-state index in [0.717, 1.165) is 0 Å². The SMILES string of the molecule is B.B.B.[N-3].[N-3].[N-3].[N-3].[Ti+4].[Ti+4].[Ti+4]. The molecule has 0 aromatic heterocycles. The standard InChI is InChI=1S/3BH3.4N.3Ti/h3*1H3;;;;;;;/q;;;4*-3;3*+4. The molecule has 0 unspecified atom stereocenters. The van der Waals surface area contributed by atoms with Crippen molar-refractivity contribution in [3.63, 3.8) is 0 Å². The van der Waals surface area contributed by atoms with E-state index < -0.39 is 0 Å². The molecule has 4 nitrogen and oxygen atoms in total. The summed E-state index contributed by atoms with van der Waals surface area (Å²) < 4.78 is 0. The van der Waals surface area contributed by atoms with Gasteiger partial charge in [-0.2, -0.15) is 0 Å². The molecule has 0 atom stereocenters. The molecule has 0 amide bonds. The molecule has 0 spiro atoms. The Hall–Kier alpha value is 2.18. The predicted octanol–water partition coefficient (Wildman–Crippen LogP) is -2.40. The van der Waals surface area contributed by atoms with E-state index in [0.29, 0.717) is 0 Å². The minimum Gasteiger partial charge on any atom is -3.00 e. The summed E-state index contributed by atoms with van der Waals surface area (Å²) >= 11 is 0. The normalized spacial score (nSPS) is 0. The topological polar surface area (TPSA) is 122 Å². The van der Waals surface area contributed by atoms with Gasteiger partial charge in [0.15, 0.2) is 0 Å². The van der Waals surface area contributed by atoms with Crippen LogP contribution in [0.1, 0.15) is 0 Å². The van der Waals surface area contributed by atoms with Gasteiger partial charge < -0.3 is 24.6 Å². The molecule has 0 bridgehead atoms. The van der Waals surface area contributed by atoms with Gasteiger partial charge in [0.2, 0.25) is 0 Å². The molecule has 0 rings (SSSR count). The van der Waals surface area contributed by atoms with E-state index in [2.05, 4.69) is 0 Å². The Morgan fingerprint density at radius 1 is 0.300 bits per heavy atom. The smallest absolute Gasteiger partial charge is 3.00 e. The van der Waals surface area contributed by atoms with E-state index in [-0.39, 0.29) is 115 Å². The van der Waals surface area contributed by atoms with Gasteiger partial charge in [0.1, 0.15) is 0 Å². The monoisotopic (exact) mass is 242 g/mol. The molecular formula is H9B3N4Ti3. The zero-order valence-corrected chi connectivity index (χ0v) is 7.97. The van der Waals surface area contributed by atoms with Crippen molar-refractivity contribution in [2.75, 3.05) is 0 Å². The van der Waals surface area contributed by atoms with Crippen molar-refractivity contribution in [2.45, 2.75) is 0 Å². The molecule has 50 valence electrons. The van der Waals surface area contributed by atoms with Crippen LogP contribution in [-0.2, 0) is 65.2 Å². The summed E-state index contributed by atoms with van der Waals surface area (Å²) in [5, 5.41) is 0. The Labute approximate surface area is 114 Å². The first-order valence-electron chi connectivity index (χ1n) is 0. The van der Waals surface area contributed by atoms with Crippen molar-refractivity contribution in [2.24, 2.45) is 0 Å². The third kappa shape index (κ3) is 181. The van der Waals surface area contributed by atoms with Gasteiger partial charge in [-0.05, 0) is 0 Å². The van der Waals surface area contributed by atoms with Crippen molar-refractivity contribution in [1.29, 1.82) is 0 Å². The zero-order valence-electron chi connectivity index (χ0n) is 3.29. The van der Waals surface area contributed by atoms with E-state index in [9.17, 15) is 0 Å². The van der Waals surface area contributed by atoms with Crippen molar-refractivity contribution >= 4 is 25.2 Å². The first-order valence-corrected chi connectivity index (χ1v) is 0. The first-order chi connectivity index (χ1) is 0. The Morgan fingerprint density at radius 3 is 0.300 bits per heavy atom. The summed E-state index contributed by atoms with van der Waals surface area (Å²) in [6.45, 7) is 0. The molecule has 0 fully saturated rings. The van der Waals surface area contributed by atoms with Gasteiger partial charge in [-0.15, -0.1) is 0 Å². The maximum atomic E-state index is 0. The molecule has 0 aromatic carbocycles. The molecule has 0 aromatic rings. The first kappa shape index (κ1) is 321. The fourth-order valence-electron chi connectivity index (χ4n) is 0. The van der Waals surface area contributed by atoms with Crippen LogP contribution in [0.15, 0.2) is 0 Å². The average Bonchev–Trinajstić information content (AvgIpc) is 0. The minimum atomic E-state index is 0. The van der Waals surface area contributed by atoms with Crippen molar-refractivity contribution in [1.82, 2.24) is 0 Å². The van der Waals surface area contributed by atoms with Gasteiger partial charge in [0, 0.05) is 0 Å². The van der Waals surface area contributed by atoms with Crippen LogP contribution in [-0.4, -0.2) is 25.2 Å². The molecule has 0 radical (unpaired) electrons. The summed E-state index contributed by atoms with van der Waals surface area (Å²) in [7, 11) is 0. The molecule has 0 aliphatic carbocycles. The summed E-state index contributed by atoms with van der Waals surface area (Å²) in [5.74, 6) is 0. The summed E-state index contributed by atoms with van der Waals surface area (Å²) in [4.78, 5) is 0. The van der Waals surface area contributed by atoms with E-state index >= 15 is 0 Å². The molecule has 0 heterocycles. The van der Waals surface area contributed by atoms with Crippen LogP contribution in [0.4, 0.5) is 0 Å². The fraction of sp³-hybridized carbons (Fsp3) is 0. The maximum Gasteiger partial charge on any atom is 4.00 e. The second-order valence-electron chi connectivity index (χ2n) is 0. The Balaban J connectivity index is 0. The largest absolute Gasteiger partial charge is 4.00 e. The van der Waals surface area contributed by atoms with Crippen LogP contribution < -0.4 is 0 Å². The molecular weight excluding hydrogens is 232 g/mol. The summed E-state index contributed by atoms with van der Waals surface area (Å²) in [6.07, 6.45) is 0. The van der Waals surface area contributed by atoms with Crippen LogP contribution in [0.5, 0.6) is 0 Å². The third-order valence-electron chi connectivity index (χ3n) is 0. The maximum absolute atomic E-state index is 0. The zero-order chi connectivity index (χ0) is 0. The van der Waals surface area contributed by atoms with Crippen LogP contribution in [0.2, 0.25) is 0 Å². The van der Waals surface area contributed by atoms with Gasteiger partial charge in [-0.3, -0.25) is 0 Å². The second-order valence-corrected chi connectivity index (χ2v) is 0. The number of nitrogens with zero attached hydrogens (tertiary/aromatic N) is 4. The molecule has 0 N–H and O–H groups in total. The Kier molecular flexibility index (Phi) is 7830. The Bertz CT molecular complexity index is 15.7. The van der Waals surface area contributed by atoms with Gasteiger partial charge in [0.25, 0.3) is 0 Å². The van der Waals surface area contributed by atoms with Crippen molar-refractivity contribution in [3.05, 3.63) is 24.6 Å². The van der Waals surface area contributed by atoms with Gasteiger partial charge in [-0.25, -0.2) is 0 Å².